The van der Waals surface area contributed by atoms with Gasteiger partial charge >= 0.3 is 0 Å². The topological polar surface area (TPSA) is 15.3 Å². The number of rotatable bonds is 9. The minimum atomic E-state index is -0.186. The number of nitrogens with one attached hydrogen (secondary N) is 1. The summed E-state index contributed by atoms with van der Waals surface area (Å²) in [6, 6.07) is 7.23. The summed E-state index contributed by atoms with van der Waals surface area (Å²) in [5.74, 6) is 0.496. The van der Waals surface area contributed by atoms with E-state index in [1.54, 1.807) is 12.1 Å². The molecular weight excluding hydrogens is 251 g/mol. The van der Waals surface area contributed by atoms with Crippen LogP contribution in [-0.2, 0) is 0 Å². The number of hydrogen-bond donors (Lipinski definition) is 1. The van der Waals surface area contributed by atoms with Crippen molar-refractivity contribution in [1.29, 1.82) is 0 Å². The van der Waals surface area contributed by atoms with Gasteiger partial charge in [-0.25, -0.2) is 4.39 Å². The van der Waals surface area contributed by atoms with E-state index < -0.39 is 0 Å². The van der Waals surface area contributed by atoms with Crippen LogP contribution in [0.25, 0.3) is 0 Å². The molecule has 0 saturated heterocycles. The predicted molar refractivity (Wildman–Crippen MR) is 85.7 cm³/mol. The molecule has 1 aromatic carbocycles. The Labute approximate surface area is 123 Å². The lowest BCUT2D eigenvalue weighted by Crippen LogP contribution is -2.40. The number of benzene rings is 1. The van der Waals surface area contributed by atoms with Gasteiger partial charge in [0.1, 0.15) is 5.82 Å². The summed E-state index contributed by atoms with van der Waals surface area (Å²) < 4.78 is 12.8. The molecule has 1 rings (SSSR count). The second-order valence-corrected chi connectivity index (χ2v) is 5.79. The van der Waals surface area contributed by atoms with Crippen molar-refractivity contribution >= 4 is 5.69 Å². The van der Waals surface area contributed by atoms with E-state index in [9.17, 15) is 4.39 Å². The first-order valence-electron chi connectivity index (χ1n) is 7.80. The smallest absolute Gasteiger partial charge is 0.123 e. The summed E-state index contributed by atoms with van der Waals surface area (Å²) in [6.45, 7) is 12.1. The van der Waals surface area contributed by atoms with Gasteiger partial charge in [0.05, 0.1) is 0 Å². The van der Waals surface area contributed by atoms with Crippen LogP contribution in [0.2, 0.25) is 0 Å². The van der Waals surface area contributed by atoms with E-state index in [0.717, 1.165) is 25.3 Å². The zero-order valence-electron chi connectivity index (χ0n) is 13.3. The first-order valence-corrected chi connectivity index (χ1v) is 7.80. The molecule has 0 heterocycles. The third-order valence-corrected chi connectivity index (χ3v) is 3.63. The molecule has 0 aliphatic heterocycles. The van der Waals surface area contributed by atoms with Gasteiger partial charge in [0, 0.05) is 31.4 Å². The van der Waals surface area contributed by atoms with Gasteiger partial charge in [-0.2, -0.15) is 0 Å². The van der Waals surface area contributed by atoms with E-state index in [1.165, 1.54) is 25.0 Å². The van der Waals surface area contributed by atoms with Crippen molar-refractivity contribution < 1.29 is 4.39 Å². The zero-order valence-corrected chi connectivity index (χ0v) is 13.3. The Morgan fingerprint density at radius 1 is 1.10 bits per heavy atom. The van der Waals surface area contributed by atoms with Crippen molar-refractivity contribution in [2.24, 2.45) is 5.92 Å². The van der Waals surface area contributed by atoms with Gasteiger partial charge < -0.3 is 5.32 Å². The summed E-state index contributed by atoms with van der Waals surface area (Å²) in [6.07, 6.45) is 2.39. The van der Waals surface area contributed by atoms with Gasteiger partial charge in [0.15, 0.2) is 0 Å². The highest BCUT2D eigenvalue weighted by Crippen LogP contribution is 2.12. The van der Waals surface area contributed by atoms with Crippen LogP contribution >= 0.6 is 0 Å². The van der Waals surface area contributed by atoms with Crippen molar-refractivity contribution in [3.05, 3.63) is 30.1 Å². The third-order valence-electron chi connectivity index (χ3n) is 3.63. The molecule has 0 atom stereocenters. The molecule has 0 aromatic heterocycles. The quantitative estimate of drug-likeness (QED) is 0.722. The number of anilines is 1. The van der Waals surface area contributed by atoms with Crippen molar-refractivity contribution in [1.82, 2.24) is 4.90 Å². The summed E-state index contributed by atoms with van der Waals surface area (Å²) in [7, 11) is 0. The van der Waals surface area contributed by atoms with Crippen molar-refractivity contribution in [2.75, 3.05) is 25.0 Å². The minimum absolute atomic E-state index is 0.186. The molecule has 0 spiro atoms. The fraction of sp³-hybridized carbons (Fsp3) is 0.647. The van der Waals surface area contributed by atoms with E-state index in [-0.39, 0.29) is 5.82 Å². The third kappa shape index (κ3) is 5.91. The molecular formula is C17H29FN2. The number of halogens is 1. The van der Waals surface area contributed by atoms with E-state index in [2.05, 4.69) is 37.9 Å². The fourth-order valence-electron chi connectivity index (χ4n) is 2.61. The second-order valence-electron chi connectivity index (χ2n) is 5.79. The normalized spacial score (nSPS) is 11.6. The van der Waals surface area contributed by atoms with Crippen molar-refractivity contribution in [2.45, 2.75) is 46.6 Å². The van der Waals surface area contributed by atoms with Crippen LogP contribution in [0.1, 0.15) is 40.5 Å². The van der Waals surface area contributed by atoms with Crippen LogP contribution in [0.4, 0.5) is 10.1 Å². The van der Waals surface area contributed by atoms with Crippen LogP contribution in [-0.4, -0.2) is 30.6 Å². The molecule has 0 amide bonds. The molecule has 0 aliphatic rings. The van der Waals surface area contributed by atoms with E-state index in [4.69, 9.17) is 0 Å². The highest BCUT2D eigenvalue weighted by molar-refractivity contribution is 5.42. The Morgan fingerprint density at radius 3 is 2.20 bits per heavy atom. The molecule has 20 heavy (non-hydrogen) atoms. The Kier molecular flexibility index (Phi) is 7.60. The lowest BCUT2D eigenvalue weighted by molar-refractivity contribution is 0.172. The largest absolute Gasteiger partial charge is 0.384 e. The lowest BCUT2D eigenvalue weighted by atomic mass is 10.1. The fourth-order valence-corrected chi connectivity index (χ4v) is 2.61. The lowest BCUT2D eigenvalue weighted by Gasteiger charge is -2.32. The molecule has 3 heteroatoms. The Bertz CT molecular complexity index is 358. The molecule has 0 fully saturated rings. The Balaban J connectivity index is 2.46. The van der Waals surface area contributed by atoms with Crippen molar-refractivity contribution in [3.63, 3.8) is 0 Å². The van der Waals surface area contributed by atoms with Crippen LogP contribution in [0.3, 0.4) is 0 Å². The molecule has 1 aromatic rings. The molecule has 0 unspecified atom stereocenters. The van der Waals surface area contributed by atoms with Gasteiger partial charge in [-0.1, -0.05) is 27.7 Å². The Hall–Kier alpha value is -1.09. The summed E-state index contributed by atoms with van der Waals surface area (Å²) in [5, 5.41) is 3.37. The average molecular weight is 280 g/mol. The van der Waals surface area contributed by atoms with Crippen molar-refractivity contribution in [3.8, 4) is 0 Å². The van der Waals surface area contributed by atoms with Gasteiger partial charge in [0.2, 0.25) is 0 Å². The minimum Gasteiger partial charge on any atom is -0.384 e. The maximum absolute atomic E-state index is 12.8. The standard InChI is InChI=1S/C17H29FN2/c1-5-17(6-2)20(13-14(3)4)12-11-19-16-9-7-15(18)8-10-16/h7-10,14,17,19H,5-6,11-13H2,1-4H3. The molecule has 0 saturated carbocycles. The van der Waals surface area contributed by atoms with Crippen LogP contribution in [0.5, 0.6) is 0 Å². The first-order chi connectivity index (χ1) is 9.56. The summed E-state index contributed by atoms with van der Waals surface area (Å²) >= 11 is 0. The van der Waals surface area contributed by atoms with E-state index in [1.807, 2.05) is 0 Å². The molecule has 0 bridgehead atoms. The van der Waals surface area contributed by atoms with E-state index >= 15 is 0 Å². The summed E-state index contributed by atoms with van der Waals surface area (Å²) in [5.41, 5.74) is 0.987. The van der Waals surface area contributed by atoms with Gasteiger partial charge in [-0.3, -0.25) is 4.90 Å². The highest BCUT2D eigenvalue weighted by atomic mass is 19.1. The van der Waals surface area contributed by atoms with Crippen LogP contribution in [0, 0.1) is 11.7 Å². The van der Waals surface area contributed by atoms with Gasteiger partial charge in [-0.15, -0.1) is 0 Å². The molecule has 2 nitrogen and oxygen atoms in total. The number of hydrogen-bond acceptors (Lipinski definition) is 2. The maximum Gasteiger partial charge on any atom is 0.123 e. The highest BCUT2D eigenvalue weighted by Gasteiger charge is 2.15. The van der Waals surface area contributed by atoms with Gasteiger partial charge in [0.25, 0.3) is 0 Å². The van der Waals surface area contributed by atoms with Gasteiger partial charge in [-0.05, 0) is 43.0 Å². The molecule has 114 valence electrons. The predicted octanol–water partition coefficient (Wildman–Crippen LogP) is 4.38. The summed E-state index contributed by atoms with van der Waals surface area (Å²) in [4.78, 5) is 2.57. The molecule has 1 N–H and O–H groups in total. The monoisotopic (exact) mass is 280 g/mol. The number of nitrogens with zero attached hydrogens (tertiary/aromatic N) is 1. The zero-order chi connectivity index (χ0) is 15.0. The molecule has 0 radical (unpaired) electrons. The average Bonchev–Trinajstić information content (AvgIpc) is 2.41. The molecule has 0 aliphatic carbocycles. The maximum atomic E-state index is 12.8. The SMILES string of the molecule is CCC(CC)N(CCNc1ccc(F)cc1)CC(C)C. The first kappa shape index (κ1) is 17.0. The van der Waals surface area contributed by atoms with Crippen LogP contribution < -0.4 is 5.32 Å². The Morgan fingerprint density at radius 2 is 1.70 bits per heavy atom. The second kappa shape index (κ2) is 8.96. The van der Waals surface area contributed by atoms with Crippen LogP contribution in [0.15, 0.2) is 24.3 Å². The van der Waals surface area contributed by atoms with E-state index in [0.29, 0.717) is 12.0 Å².